The fourth-order valence-corrected chi connectivity index (χ4v) is 3.63. The number of nitrogens with zero attached hydrogens (tertiary/aromatic N) is 4. The molecule has 146 valence electrons. The zero-order chi connectivity index (χ0) is 20.2. The number of benzene rings is 2. The van der Waals surface area contributed by atoms with Crippen molar-refractivity contribution in [3.05, 3.63) is 76.6 Å². The minimum Gasteiger partial charge on any atom is -0.326 e. The minimum absolute atomic E-state index is 0.115. The van der Waals surface area contributed by atoms with Gasteiger partial charge in [0.1, 0.15) is 11.6 Å². The zero-order valence-corrected chi connectivity index (χ0v) is 16.4. The van der Waals surface area contributed by atoms with Gasteiger partial charge < -0.3 is 14.9 Å². The monoisotopic (exact) mass is 406 g/mol. The summed E-state index contributed by atoms with van der Waals surface area (Å²) in [5, 5.41) is 12.3. The molecular formula is C20H18N6O2S. The van der Waals surface area contributed by atoms with Gasteiger partial charge in [0, 0.05) is 12.7 Å². The molecule has 0 unspecified atom stereocenters. The number of nitrogens with one attached hydrogen (secondary N) is 2. The standard InChI is InChI=1S/C20H18N6O2S/c1-26-17(11-18(27)21-13-7-3-2-4-8-13)24-25-20(26)29-12-16-22-15-10-6-5-9-14(15)19(28)23-16/h2-10H,11-12H2,1H3,(H,21,27)(H,22,23,28). The van der Waals surface area contributed by atoms with Crippen molar-refractivity contribution in [3.8, 4) is 0 Å². The number of para-hydroxylation sites is 2. The molecule has 0 spiro atoms. The first-order valence-corrected chi connectivity index (χ1v) is 9.92. The molecule has 4 rings (SSSR count). The van der Waals surface area contributed by atoms with Crippen molar-refractivity contribution < 1.29 is 4.79 Å². The molecule has 1 amide bonds. The second kappa shape index (κ2) is 8.27. The topological polar surface area (TPSA) is 106 Å². The Morgan fingerprint density at radius 3 is 2.69 bits per heavy atom. The van der Waals surface area contributed by atoms with Crippen LogP contribution in [0, 0.1) is 0 Å². The van der Waals surface area contributed by atoms with E-state index >= 15 is 0 Å². The van der Waals surface area contributed by atoms with Crippen molar-refractivity contribution in [2.45, 2.75) is 17.3 Å². The predicted molar refractivity (Wildman–Crippen MR) is 112 cm³/mol. The molecular weight excluding hydrogens is 388 g/mol. The average molecular weight is 406 g/mol. The summed E-state index contributed by atoms with van der Waals surface area (Å²) in [6.07, 6.45) is 0.115. The van der Waals surface area contributed by atoms with Crippen molar-refractivity contribution in [2.75, 3.05) is 5.32 Å². The average Bonchev–Trinajstić information content (AvgIpc) is 3.06. The Morgan fingerprint density at radius 1 is 1.10 bits per heavy atom. The Kier molecular flexibility index (Phi) is 5.39. The van der Waals surface area contributed by atoms with E-state index in [1.807, 2.05) is 55.6 Å². The number of amides is 1. The van der Waals surface area contributed by atoms with Crippen molar-refractivity contribution >= 4 is 34.3 Å². The van der Waals surface area contributed by atoms with Gasteiger partial charge in [0.15, 0.2) is 5.16 Å². The van der Waals surface area contributed by atoms with Crippen LogP contribution in [0.25, 0.3) is 10.9 Å². The summed E-state index contributed by atoms with van der Waals surface area (Å²) in [6, 6.07) is 16.5. The molecule has 8 nitrogen and oxygen atoms in total. The molecule has 29 heavy (non-hydrogen) atoms. The van der Waals surface area contributed by atoms with Crippen LogP contribution in [-0.4, -0.2) is 30.6 Å². The molecule has 9 heteroatoms. The third kappa shape index (κ3) is 4.35. The lowest BCUT2D eigenvalue weighted by Crippen LogP contribution is -2.17. The summed E-state index contributed by atoms with van der Waals surface area (Å²) in [7, 11) is 1.81. The van der Waals surface area contributed by atoms with E-state index < -0.39 is 0 Å². The maximum Gasteiger partial charge on any atom is 0.258 e. The molecule has 0 aliphatic carbocycles. The molecule has 0 fully saturated rings. The van der Waals surface area contributed by atoms with E-state index in [-0.39, 0.29) is 17.9 Å². The first-order valence-electron chi connectivity index (χ1n) is 8.94. The van der Waals surface area contributed by atoms with Crippen LogP contribution in [-0.2, 0) is 24.0 Å². The number of aromatic nitrogens is 5. The summed E-state index contributed by atoms with van der Waals surface area (Å²) in [4.78, 5) is 31.7. The minimum atomic E-state index is -0.164. The Labute approximate surface area is 170 Å². The van der Waals surface area contributed by atoms with Gasteiger partial charge in [0.2, 0.25) is 5.91 Å². The van der Waals surface area contributed by atoms with E-state index in [0.717, 1.165) is 5.69 Å². The van der Waals surface area contributed by atoms with E-state index in [2.05, 4.69) is 25.5 Å². The van der Waals surface area contributed by atoms with E-state index in [1.165, 1.54) is 11.8 Å². The summed E-state index contributed by atoms with van der Waals surface area (Å²) < 4.78 is 1.77. The van der Waals surface area contributed by atoms with Crippen LogP contribution >= 0.6 is 11.8 Å². The van der Waals surface area contributed by atoms with E-state index in [0.29, 0.717) is 33.5 Å². The number of hydrogen-bond acceptors (Lipinski definition) is 6. The highest BCUT2D eigenvalue weighted by atomic mass is 32.2. The summed E-state index contributed by atoms with van der Waals surface area (Å²) in [5.74, 6) is 1.39. The van der Waals surface area contributed by atoms with Gasteiger partial charge in [-0.2, -0.15) is 0 Å². The molecule has 4 aromatic rings. The number of H-pyrrole nitrogens is 1. The molecule has 0 radical (unpaired) electrons. The lowest BCUT2D eigenvalue weighted by Gasteiger charge is -2.06. The van der Waals surface area contributed by atoms with Crippen molar-refractivity contribution in [1.29, 1.82) is 0 Å². The highest BCUT2D eigenvalue weighted by Crippen LogP contribution is 2.20. The van der Waals surface area contributed by atoms with Crippen LogP contribution in [0.1, 0.15) is 11.6 Å². The van der Waals surface area contributed by atoms with Gasteiger partial charge in [-0.05, 0) is 24.3 Å². The van der Waals surface area contributed by atoms with Gasteiger partial charge >= 0.3 is 0 Å². The van der Waals surface area contributed by atoms with E-state index in [1.54, 1.807) is 10.6 Å². The Morgan fingerprint density at radius 2 is 1.86 bits per heavy atom. The van der Waals surface area contributed by atoms with Gasteiger partial charge in [-0.3, -0.25) is 9.59 Å². The van der Waals surface area contributed by atoms with Crippen molar-refractivity contribution in [2.24, 2.45) is 7.05 Å². The van der Waals surface area contributed by atoms with E-state index in [9.17, 15) is 9.59 Å². The van der Waals surface area contributed by atoms with Crippen molar-refractivity contribution in [3.63, 3.8) is 0 Å². The second-order valence-electron chi connectivity index (χ2n) is 6.37. The Balaban J connectivity index is 1.42. The molecule has 0 atom stereocenters. The number of hydrogen-bond donors (Lipinski definition) is 2. The highest BCUT2D eigenvalue weighted by Gasteiger charge is 2.14. The van der Waals surface area contributed by atoms with Crippen LogP contribution in [0.5, 0.6) is 0 Å². The SMILES string of the molecule is Cn1c(CC(=O)Nc2ccccc2)nnc1SCc1nc2ccccc2c(=O)[nH]1. The van der Waals surface area contributed by atoms with Gasteiger partial charge in [-0.25, -0.2) is 4.98 Å². The maximum atomic E-state index is 12.2. The third-order valence-electron chi connectivity index (χ3n) is 4.30. The first-order chi connectivity index (χ1) is 14.1. The predicted octanol–water partition coefficient (Wildman–Crippen LogP) is 2.53. The first kappa shape index (κ1) is 18.9. The van der Waals surface area contributed by atoms with Crippen LogP contribution in [0.15, 0.2) is 64.5 Å². The molecule has 0 bridgehead atoms. The third-order valence-corrected chi connectivity index (χ3v) is 5.33. The molecule has 2 heterocycles. The van der Waals surface area contributed by atoms with E-state index in [4.69, 9.17) is 0 Å². The van der Waals surface area contributed by atoms with Crippen LogP contribution in [0.4, 0.5) is 5.69 Å². The fraction of sp³-hybridized carbons (Fsp3) is 0.150. The highest BCUT2D eigenvalue weighted by molar-refractivity contribution is 7.98. The summed E-state index contributed by atoms with van der Waals surface area (Å²) >= 11 is 1.39. The Hall–Kier alpha value is -3.46. The second-order valence-corrected chi connectivity index (χ2v) is 7.31. The quantitative estimate of drug-likeness (QED) is 0.477. The van der Waals surface area contributed by atoms with Gasteiger partial charge in [-0.15, -0.1) is 10.2 Å². The summed E-state index contributed by atoms with van der Waals surface area (Å²) in [6.45, 7) is 0. The number of carbonyl (C=O) groups excluding carboxylic acids is 1. The van der Waals surface area contributed by atoms with Crippen LogP contribution in [0.3, 0.4) is 0 Å². The zero-order valence-electron chi connectivity index (χ0n) is 15.6. The number of thioether (sulfide) groups is 1. The molecule has 2 N–H and O–H groups in total. The van der Waals surface area contributed by atoms with Crippen molar-refractivity contribution in [1.82, 2.24) is 24.7 Å². The number of fused-ring (bicyclic) bond motifs is 1. The maximum absolute atomic E-state index is 12.2. The van der Waals surface area contributed by atoms with Crippen LogP contribution < -0.4 is 10.9 Å². The number of anilines is 1. The lowest BCUT2D eigenvalue weighted by molar-refractivity contribution is -0.115. The smallest absolute Gasteiger partial charge is 0.258 e. The molecule has 0 saturated heterocycles. The number of rotatable bonds is 6. The molecule has 2 aromatic carbocycles. The number of aromatic amines is 1. The molecule has 0 aliphatic rings. The fourth-order valence-electron chi connectivity index (χ4n) is 2.83. The Bertz CT molecular complexity index is 1220. The van der Waals surface area contributed by atoms with Gasteiger partial charge in [-0.1, -0.05) is 42.1 Å². The molecule has 0 aliphatic heterocycles. The van der Waals surface area contributed by atoms with Crippen LogP contribution in [0.2, 0.25) is 0 Å². The molecule has 0 saturated carbocycles. The molecule has 2 aromatic heterocycles. The van der Waals surface area contributed by atoms with Gasteiger partial charge in [0.05, 0.1) is 23.1 Å². The lowest BCUT2D eigenvalue weighted by atomic mass is 10.2. The summed E-state index contributed by atoms with van der Waals surface area (Å²) in [5.41, 5.74) is 1.23. The van der Waals surface area contributed by atoms with Gasteiger partial charge in [0.25, 0.3) is 5.56 Å². The largest absolute Gasteiger partial charge is 0.326 e. The number of carbonyl (C=O) groups is 1. The normalized spacial score (nSPS) is 10.9.